The van der Waals surface area contributed by atoms with Crippen LogP contribution < -0.4 is 5.32 Å². The molecule has 2 aliphatic rings. The summed E-state index contributed by atoms with van der Waals surface area (Å²) in [4.78, 5) is 16.2. The van der Waals surface area contributed by atoms with E-state index in [1.54, 1.807) is 4.90 Å². The van der Waals surface area contributed by atoms with E-state index >= 15 is 0 Å². The van der Waals surface area contributed by atoms with Crippen molar-refractivity contribution in [3.63, 3.8) is 0 Å². The summed E-state index contributed by atoms with van der Waals surface area (Å²) < 4.78 is 0. The van der Waals surface area contributed by atoms with Gasteiger partial charge in [0.05, 0.1) is 0 Å². The molecule has 2 atom stereocenters. The number of carbonyl (C=O) groups is 1. The highest BCUT2D eigenvalue weighted by atomic mass is 16.4. The van der Waals surface area contributed by atoms with Crippen LogP contribution in [0, 0.1) is 0 Å². The number of hydrogen-bond acceptors (Lipinski definition) is 2. The zero-order valence-corrected chi connectivity index (χ0v) is 12.5. The predicted octanol–water partition coefficient (Wildman–Crippen LogP) is 2.58. The number of carboxylic acid groups (broad SMARTS) is 1. The molecular weight excluding hydrogens is 278 g/mol. The monoisotopic (exact) mass is 299 g/mol. The van der Waals surface area contributed by atoms with Crippen molar-refractivity contribution in [3.05, 3.63) is 36.0 Å². The van der Waals surface area contributed by atoms with E-state index in [-0.39, 0.29) is 5.54 Å². The van der Waals surface area contributed by atoms with Gasteiger partial charge in [-0.1, -0.05) is 18.2 Å². The van der Waals surface area contributed by atoms with Crippen LogP contribution >= 0.6 is 0 Å². The van der Waals surface area contributed by atoms with Gasteiger partial charge in [-0.25, -0.2) is 4.79 Å². The first-order valence-corrected chi connectivity index (χ1v) is 7.96. The lowest BCUT2D eigenvalue weighted by Crippen LogP contribution is -2.60. The zero-order chi connectivity index (χ0) is 15.2. The third-order valence-electron chi connectivity index (χ3n) is 5.23. The summed E-state index contributed by atoms with van der Waals surface area (Å²) in [5.74, 6) is 0. The second-order valence-corrected chi connectivity index (χ2v) is 6.68. The molecule has 0 spiro atoms. The highest BCUT2D eigenvalue weighted by Crippen LogP contribution is 2.34. The van der Waals surface area contributed by atoms with Gasteiger partial charge >= 0.3 is 6.09 Å². The van der Waals surface area contributed by atoms with Gasteiger partial charge in [0.25, 0.3) is 0 Å². The van der Waals surface area contributed by atoms with Crippen molar-refractivity contribution in [2.45, 2.75) is 37.3 Å². The van der Waals surface area contributed by atoms with Gasteiger partial charge in [0.2, 0.25) is 0 Å². The summed E-state index contributed by atoms with van der Waals surface area (Å²) in [6, 6.07) is 8.67. The minimum atomic E-state index is -0.787. The molecule has 116 valence electrons. The summed E-state index contributed by atoms with van der Waals surface area (Å²) in [6.45, 7) is 1.24. The quantitative estimate of drug-likeness (QED) is 0.816. The molecule has 0 radical (unpaired) electrons. The SMILES string of the molecule is O=C(O)N1CC2CCC(CCc3c[nH]c4ccccc34)(C1)N2. The van der Waals surface area contributed by atoms with Crippen molar-refractivity contribution in [2.75, 3.05) is 13.1 Å². The Morgan fingerprint density at radius 2 is 2.27 bits per heavy atom. The van der Waals surface area contributed by atoms with Crippen molar-refractivity contribution < 1.29 is 9.90 Å². The second-order valence-electron chi connectivity index (χ2n) is 6.68. The van der Waals surface area contributed by atoms with E-state index in [0.29, 0.717) is 19.1 Å². The smallest absolute Gasteiger partial charge is 0.407 e. The van der Waals surface area contributed by atoms with Gasteiger partial charge < -0.3 is 20.3 Å². The fourth-order valence-electron chi connectivity index (χ4n) is 4.12. The number of likely N-dealkylation sites (tertiary alicyclic amines) is 1. The number of amides is 1. The number of rotatable bonds is 3. The van der Waals surface area contributed by atoms with Crippen LogP contribution in [-0.4, -0.2) is 45.8 Å². The average Bonchev–Trinajstić information content (AvgIpc) is 3.06. The average molecular weight is 299 g/mol. The lowest BCUT2D eigenvalue weighted by Gasteiger charge is -2.40. The molecule has 2 fully saturated rings. The molecule has 2 aromatic rings. The van der Waals surface area contributed by atoms with E-state index in [9.17, 15) is 9.90 Å². The highest BCUT2D eigenvalue weighted by molar-refractivity contribution is 5.83. The molecule has 2 saturated heterocycles. The molecule has 1 aromatic heterocycles. The van der Waals surface area contributed by atoms with Gasteiger partial charge in [0.15, 0.2) is 0 Å². The molecule has 2 bridgehead atoms. The van der Waals surface area contributed by atoms with Crippen LogP contribution in [-0.2, 0) is 6.42 Å². The molecule has 5 heteroatoms. The van der Waals surface area contributed by atoms with Crippen LogP contribution in [0.5, 0.6) is 0 Å². The van der Waals surface area contributed by atoms with Crippen LogP contribution in [0.2, 0.25) is 0 Å². The van der Waals surface area contributed by atoms with Crippen molar-refractivity contribution in [1.82, 2.24) is 15.2 Å². The summed E-state index contributed by atoms with van der Waals surface area (Å²) in [6.07, 6.45) is 5.41. The number of aromatic amines is 1. The maximum Gasteiger partial charge on any atom is 0.407 e. The topological polar surface area (TPSA) is 68.4 Å². The third kappa shape index (κ3) is 2.25. The summed E-state index contributed by atoms with van der Waals surface area (Å²) in [5, 5.41) is 14.3. The van der Waals surface area contributed by atoms with Gasteiger partial charge in [-0.15, -0.1) is 0 Å². The van der Waals surface area contributed by atoms with Gasteiger partial charge in [0.1, 0.15) is 0 Å². The number of aryl methyl sites for hydroxylation is 1. The molecule has 5 nitrogen and oxygen atoms in total. The zero-order valence-electron chi connectivity index (χ0n) is 12.5. The van der Waals surface area contributed by atoms with Gasteiger partial charge in [-0.05, 0) is 37.3 Å². The number of fused-ring (bicyclic) bond motifs is 3. The molecule has 4 rings (SSSR count). The Balaban J connectivity index is 1.52. The van der Waals surface area contributed by atoms with E-state index in [2.05, 4.69) is 34.7 Å². The third-order valence-corrected chi connectivity index (χ3v) is 5.23. The standard InChI is InChI=1S/C17H21N3O2/c21-16(22)20-10-13-6-8-17(11-20,19-13)7-5-12-9-18-15-4-2-1-3-14(12)15/h1-4,9,13,18-19H,5-8,10-11H2,(H,21,22). The van der Waals surface area contributed by atoms with Gasteiger partial charge in [-0.2, -0.15) is 0 Å². The van der Waals surface area contributed by atoms with Crippen molar-refractivity contribution in [2.24, 2.45) is 0 Å². The van der Waals surface area contributed by atoms with E-state index in [0.717, 1.165) is 25.7 Å². The Labute approximate surface area is 129 Å². The molecule has 0 saturated carbocycles. The number of aromatic nitrogens is 1. The Bertz CT molecular complexity index is 711. The second kappa shape index (κ2) is 5.02. The van der Waals surface area contributed by atoms with Crippen molar-refractivity contribution in [3.8, 4) is 0 Å². The van der Waals surface area contributed by atoms with Crippen molar-refractivity contribution >= 4 is 17.0 Å². The Morgan fingerprint density at radius 3 is 3.14 bits per heavy atom. The Morgan fingerprint density at radius 1 is 1.41 bits per heavy atom. The van der Waals surface area contributed by atoms with Gasteiger partial charge in [0, 0.05) is 41.8 Å². The maximum atomic E-state index is 11.3. The van der Waals surface area contributed by atoms with Crippen LogP contribution in [0.25, 0.3) is 10.9 Å². The maximum absolute atomic E-state index is 11.3. The molecule has 1 aromatic carbocycles. The molecule has 3 N–H and O–H groups in total. The number of H-pyrrole nitrogens is 1. The first-order valence-electron chi connectivity index (χ1n) is 7.96. The number of benzene rings is 1. The number of nitrogens with zero attached hydrogens (tertiary/aromatic N) is 1. The predicted molar refractivity (Wildman–Crippen MR) is 85.1 cm³/mol. The molecule has 2 unspecified atom stereocenters. The van der Waals surface area contributed by atoms with Crippen LogP contribution in [0.3, 0.4) is 0 Å². The summed E-state index contributed by atoms with van der Waals surface area (Å²) in [7, 11) is 0. The summed E-state index contributed by atoms with van der Waals surface area (Å²) in [5.41, 5.74) is 2.45. The molecule has 0 aliphatic carbocycles. The van der Waals surface area contributed by atoms with Crippen LogP contribution in [0.4, 0.5) is 4.79 Å². The van der Waals surface area contributed by atoms with E-state index in [1.807, 2.05) is 6.07 Å². The normalized spacial score (nSPS) is 27.5. The van der Waals surface area contributed by atoms with E-state index in [1.165, 1.54) is 16.5 Å². The van der Waals surface area contributed by atoms with Crippen LogP contribution in [0.15, 0.2) is 30.5 Å². The first-order chi connectivity index (χ1) is 10.7. The lowest BCUT2D eigenvalue weighted by molar-refractivity contribution is 0.103. The molecular formula is C17H21N3O2. The van der Waals surface area contributed by atoms with Gasteiger partial charge in [-0.3, -0.25) is 0 Å². The Kier molecular flexibility index (Phi) is 3.11. The largest absolute Gasteiger partial charge is 0.465 e. The number of nitrogens with one attached hydrogen (secondary N) is 2. The Hall–Kier alpha value is -2.01. The van der Waals surface area contributed by atoms with Crippen LogP contribution in [0.1, 0.15) is 24.8 Å². The molecule has 2 aliphatic heterocycles. The highest BCUT2D eigenvalue weighted by Gasteiger charge is 2.45. The lowest BCUT2D eigenvalue weighted by atomic mass is 9.89. The minimum absolute atomic E-state index is 0.0420. The first kappa shape index (κ1) is 13.6. The number of hydrogen-bond donors (Lipinski definition) is 3. The fraction of sp³-hybridized carbons (Fsp3) is 0.471. The number of piperazine rings is 1. The van der Waals surface area contributed by atoms with E-state index < -0.39 is 6.09 Å². The molecule has 1 amide bonds. The van der Waals surface area contributed by atoms with Crippen molar-refractivity contribution in [1.29, 1.82) is 0 Å². The minimum Gasteiger partial charge on any atom is -0.465 e. The summed E-state index contributed by atoms with van der Waals surface area (Å²) >= 11 is 0. The molecule has 3 heterocycles. The van der Waals surface area contributed by atoms with E-state index in [4.69, 9.17) is 0 Å². The fourth-order valence-corrected chi connectivity index (χ4v) is 4.12. The number of para-hydroxylation sites is 1. The molecule has 22 heavy (non-hydrogen) atoms.